The van der Waals surface area contributed by atoms with Crippen LogP contribution in [0.5, 0.6) is 5.75 Å². The Morgan fingerprint density at radius 3 is 2.72 bits per heavy atom. The Morgan fingerprint density at radius 1 is 1.09 bits per heavy atom. The van der Waals surface area contributed by atoms with E-state index in [0.29, 0.717) is 11.6 Å². The summed E-state index contributed by atoms with van der Waals surface area (Å²) < 4.78 is 6.89. The molecule has 162 valence electrons. The van der Waals surface area contributed by atoms with Crippen LogP contribution in [0.1, 0.15) is 53.0 Å². The molecule has 0 fully saturated rings. The van der Waals surface area contributed by atoms with E-state index in [2.05, 4.69) is 43.4 Å². The molecule has 5 heteroatoms. The van der Waals surface area contributed by atoms with Crippen LogP contribution in [-0.4, -0.2) is 12.5 Å². The van der Waals surface area contributed by atoms with E-state index in [-0.39, 0.29) is 17.9 Å². The second-order valence-electron chi connectivity index (χ2n) is 8.39. The fraction of sp³-hybridized carbons (Fsp3) is 0.222. The van der Waals surface area contributed by atoms with Crippen molar-refractivity contribution in [2.45, 2.75) is 32.2 Å². The largest absolute Gasteiger partial charge is 0.493 e. The van der Waals surface area contributed by atoms with E-state index in [1.807, 2.05) is 42.5 Å². The zero-order valence-corrected chi connectivity index (χ0v) is 19.6. The van der Waals surface area contributed by atoms with Gasteiger partial charge in [0, 0.05) is 21.7 Å². The average molecular weight is 462 g/mol. The number of para-hydroxylation sites is 1. The minimum atomic E-state index is -0.0509. The van der Waals surface area contributed by atoms with Crippen LogP contribution in [0.3, 0.4) is 0 Å². The van der Waals surface area contributed by atoms with Crippen LogP contribution in [-0.2, 0) is 0 Å². The predicted octanol–water partition coefficient (Wildman–Crippen LogP) is 7.60. The van der Waals surface area contributed by atoms with E-state index in [9.17, 15) is 4.79 Å². The summed E-state index contributed by atoms with van der Waals surface area (Å²) in [6, 6.07) is 22.1. The fourth-order valence-electron chi connectivity index (χ4n) is 4.48. The highest BCUT2D eigenvalue weighted by Gasteiger charge is 2.27. The van der Waals surface area contributed by atoms with E-state index >= 15 is 0 Å². The summed E-state index contributed by atoms with van der Waals surface area (Å²) in [5.41, 5.74) is 4.31. The molecule has 0 saturated heterocycles. The molecule has 1 aliphatic heterocycles. The third-order valence-corrected chi connectivity index (χ3v) is 7.43. The number of rotatable bonds is 4. The number of ether oxygens (including phenoxy) is 1. The Labute approximate surface area is 197 Å². The van der Waals surface area contributed by atoms with Gasteiger partial charge < -0.3 is 10.1 Å². The van der Waals surface area contributed by atoms with E-state index in [1.165, 1.54) is 0 Å². The molecule has 0 radical (unpaired) electrons. The molecule has 0 bridgehead atoms. The molecular formula is C27H24ClNO2S. The highest BCUT2D eigenvalue weighted by Crippen LogP contribution is 2.42. The maximum atomic E-state index is 13.6. The summed E-state index contributed by atoms with van der Waals surface area (Å²) in [5.74, 6) is 1.06. The molecule has 1 aromatic heterocycles. The van der Waals surface area contributed by atoms with Gasteiger partial charge >= 0.3 is 0 Å². The van der Waals surface area contributed by atoms with Gasteiger partial charge in [-0.05, 0) is 46.2 Å². The summed E-state index contributed by atoms with van der Waals surface area (Å²) in [7, 11) is 0. The Bertz CT molecular complexity index is 1310. The quantitative estimate of drug-likeness (QED) is 0.339. The maximum absolute atomic E-state index is 13.6. The van der Waals surface area contributed by atoms with Gasteiger partial charge in [0.05, 0.1) is 17.5 Å². The van der Waals surface area contributed by atoms with Gasteiger partial charge in [-0.25, -0.2) is 0 Å². The summed E-state index contributed by atoms with van der Waals surface area (Å²) >= 11 is 7.83. The average Bonchev–Trinajstić information content (AvgIpc) is 3.19. The minimum Gasteiger partial charge on any atom is -0.493 e. The second kappa shape index (κ2) is 8.61. The maximum Gasteiger partial charge on any atom is 0.262 e. The molecule has 1 atom stereocenters. The lowest BCUT2D eigenvalue weighted by Gasteiger charge is -2.26. The van der Waals surface area contributed by atoms with Crippen molar-refractivity contribution in [1.29, 1.82) is 0 Å². The molecule has 3 aromatic carbocycles. The van der Waals surface area contributed by atoms with Crippen molar-refractivity contribution >= 4 is 38.9 Å². The van der Waals surface area contributed by atoms with E-state index in [0.717, 1.165) is 49.4 Å². The van der Waals surface area contributed by atoms with Gasteiger partial charge in [-0.2, -0.15) is 0 Å². The molecule has 1 amide bonds. The van der Waals surface area contributed by atoms with Crippen LogP contribution in [0, 0.1) is 0 Å². The highest BCUT2D eigenvalue weighted by atomic mass is 35.5. The van der Waals surface area contributed by atoms with Crippen molar-refractivity contribution in [2.24, 2.45) is 0 Å². The van der Waals surface area contributed by atoms with Gasteiger partial charge in [-0.15, -0.1) is 11.3 Å². The SMILES string of the molecule is CC(C)c1c(C(=O)N[C@H]2CCOc3ccccc32)sc2c(-c3cccc(Cl)c3)cccc12. The van der Waals surface area contributed by atoms with Gasteiger partial charge in [0.1, 0.15) is 5.75 Å². The topological polar surface area (TPSA) is 38.3 Å². The van der Waals surface area contributed by atoms with Crippen molar-refractivity contribution in [3.8, 4) is 16.9 Å². The van der Waals surface area contributed by atoms with Gasteiger partial charge in [0.2, 0.25) is 0 Å². The number of thiophene rings is 1. The first-order valence-corrected chi connectivity index (χ1v) is 12.1. The number of fused-ring (bicyclic) bond motifs is 2. The lowest BCUT2D eigenvalue weighted by Crippen LogP contribution is -2.32. The lowest BCUT2D eigenvalue weighted by molar-refractivity contribution is 0.0928. The Hall–Kier alpha value is -2.82. The predicted molar refractivity (Wildman–Crippen MR) is 133 cm³/mol. The molecular weight excluding hydrogens is 438 g/mol. The Kier molecular flexibility index (Phi) is 5.66. The van der Waals surface area contributed by atoms with Crippen molar-refractivity contribution in [3.05, 3.63) is 87.8 Å². The summed E-state index contributed by atoms with van der Waals surface area (Å²) in [5, 5.41) is 5.13. The molecule has 0 saturated carbocycles. The number of nitrogens with one attached hydrogen (secondary N) is 1. The van der Waals surface area contributed by atoms with Gasteiger partial charge in [0.25, 0.3) is 5.91 Å². The Morgan fingerprint density at radius 2 is 1.91 bits per heavy atom. The van der Waals surface area contributed by atoms with Crippen molar-refractivity contribution < 1.29 is 9.53 Å². The van der Waals surface area contributed by atoms with E-state index in [4.69, 9.17) is 16.3 Å². The van der Waals surface area contributed by atoms with Crippen LogP contribution in [0.25, 0.3) is 21.2 Å². The van der Waals surface area contributed by atoms with Crippen LogP contribution in [0.4, 0.5) is 0 Å². The summed E-state index contributed by atoms with van der Waals surface area (Å²) in [4.78, 5) is 14.3. The molecule has 32 heavy (non-hydrogen) atoms. The van der Waals surface area contributed by atoms with Gasteiger partial charge in [-0.1, -0.05) is 74.0 Å². The smallest absolute Gasteiger partial charge is 0.262 e. The third-order valence-electron chi connectivity index (χ3n) is 5.94. The first-order valence-electron chi connectivity index (χ1n) is 10.9. The first-order chi connectivity index (χ1) is 15.5. The van der Waals surface area contributed by atoms with Crippen molar-refractivity contribution in [3.63, 3.8) is 0 Å². The zero-order valence-electron chi connectivity index (χ0n) is 18.0. The number of hydrogen-bond acceptors (Lipinski definition) is 3. The first kappa shape index (κ1) is 21.0. The highest BCUT2D eigenvalue weighted by molar-refractivity contribution is 7.21. The molecule has 1 aliphatic rings. The van der Waals surface area contributed by atoms with Crippen molar-refractivity contribution in [1.82, 2.24) is 5.32 Å². The number of benzene rings is 3. The summed E-state index contributed by atoms with van der Waals surface area (Å²) in [6.07, 6.45) is 0.762. The monoisotopic (exact) mass is 461 g/mol. The van der Waals surface area contributed by atoms with E-state index < -0.39 is 0 Å². The van der Waals surface area contributed by atoms with Crippen LogP contribution >= 0.6 is 22.9 Å². The second-order valence-corrected chi connectivity index (χ2v) is 9.85. The third kappa shape index (κ3) is 3.78. The standard InChI is InChI=1S/C27H24ClNO2S/c1-16(2)24-21-11-6-10-19(17-7-5-8-18(28)15-17)25(21)32-26(24)27(30)29-22-13-14-31-23-12-4-3-9-20(22)23/h3-12,15-16,22H,13-14H2,1-2H3,(H,29,30)/t22-/m0/s1. The van der Waals surface area contributed by atoms with Crippen LogP contribution in [0.15, 0.2) is 66.7 Å². The normalized spacial score (nSPS) is 15.4. The molecule has 0 unspecified atom stereocenters. The van der Waals surface area contributed by atoms with Crippen LogP contribution < -0.4 is 10.1 Å². The molecule has 3 nitrogen and oxygen atoms in total. The molecule has 1 N–H and O–H groups in total. The molecule has 0 spiro atoms. The lowest BCUT2D eigenvalue weighted by atomic mass is 9.95. The molecule has 2 heterocycles. The van der Waals surface area contributed by atoms with Crippen LogP contribution in [0.2, 0.25) is 5.02 Å². The van der Waals surface area contributed by atoms with Gasteiger partial charge in [-0.3, -0.25) is 4.79 Å². The van der Waals surface area contributed by atoms with E-state index in [1.54, 1.807) is 11.3 Å². The molecule has 0 aliphatic carbocycles. The number of halogens is 1. The Balaban J connectivity index is 1.58. The molecule has 4 aromatic rings. The number of hydrogen-bond donors (Lipinski definition) is 1. The number of carbonyl (C=O) groups excluding carboxylic acids is 1. The fourth-order valence-corrected chi connectivity index (χ4v) is 6.06. The minimum absolute atomic E-state index is 0.0198. The molecule has 5 rings (SSSR count). The number of carbonyl (C=O) groups is 1. The van der Waals surface area contributed by atoms with Gasteiger partial charge in [0.15, 0.2) is 0 Å². The number of amides is 1. The zero-order chi connectivity index (χ0) is 22.2. The summed E-state index contributed by atoms with van der Waals surface area (Å²) in [6.45, 7) is 4.90. The van der Waals surface area contributed by atoms with Crippen molar-refractivity contribution in [2.75, 3.05) is 6.61 Å².